The van der Waals surface area contributed by atoms with Crippen LogP contribution in [0.4, 0.5) is 10.5 Å². The van der Waals surface area contributed by atoms with Crippen LogP contribution < -0.4 is 10.2 Å². The molecule has 2 saturated heterocycles. The zero-order valence-corrected chi connectivity index (χ0v) is 12.3. The fourth-order valence-corrected chi connectivity index (χ4v) is 3.13. The molecule has 1 aromatic carbocycles. The standard InChI is InChI=1S/C16H23N3O/c1-12(2)18-10-11-19(16(18)20)14-7-5-13(6-8-14)15-4-3-9-17-15/h5-8,12,15,17H,3-4,9-11H2,1-2H3. The molecule has 1 N–H and O–H groups in total. The van der Waals surface area contributed by atoms with Crippen LogP contribution >= 0.6 is 0 Å². The van der Waals surface area contributed by atoms with Gasteiger partial charge in [-0.25, -0.2) is 4.79 Å². The third-order valence-corrected chi connectivity index (χ3v) is 4.33. The van der Waals surface area contributed by atoms with Crippen LogP contribution in [0.3, 0.4) is 0 Å². The number of hydrogen-bond acceptors (Lipinski definition) is 2. The number of urea groups is 1. The Hall–Kier alpha value is -1.55. The summed E-state index contributed by atoms with van der Waals surface area (Å²) in [5.74, 6) is 0. The van der Waals surface area contributed by atoms with E-state index in [4.69, 9.17) is 0 Å². The molecule has 2 aliphatic heterocycles. The lowest BCUT2D eigenvalue weighted by molar-refractivity contribution is 0.209. The summed E-state index contributed by atoms with van der Waals surface area (Å²) >= 11 is 0. The number of nitrogens with zero attached hydrogens (tertiary/aromatic N) is 2. The van der Waals surface area contributed by atoms with Crippen LogP contribution in [0.15, 0.2) is 24.3 Å². The number of carbonyl (C=O) groups is 1. The number of benzene rings is 1. The third kappa shape index (κ3) is 2.40. The second kappa shape index (κ2) is 5.44. The van der Waals surface area contributed by atoms with Crippen molar-refractivity contribution in [2.24, 2.45) is 0 Å². The molecule has 0 radical (unpaired) electrons. The summed E-state index contributed by atoms with van der Waals surface area (Å²) in [6.45, 7) is 6.85. The van der Waals surface area contributed by atoms with E-state index in [0.29, 0.717) is 6.04 Å². The molecule has 2 aliphatic rings. The van der Waals surface area contributed by atoms with Gasteiger partial charge in [0.2, 0.25) is 0 Å². The summed E-state index contributed by atoms with van der Waals surface area (Å²) < 4.78 is 0. The van der Waals surface area contributed by atoms with E-state index in [0.717, 1.165) is 25.3 Å². The van der Waals surface area contributed by atoms with Crippen molar-refractivity contribution in [1.29, 1.82) is 0 Å². The minimum absolute atomic E-state index is 0.131. The van der Waals surface area contributed by atoms with Crippen molar-refractivity contribution >= 4 is 11.7 Å². The summed E-state index contributed by atoms with van der Waals surface area (Å²) in [5.41, 5.74) is 2.35. The highest BCUT2D eigenvalue weighted by molar-refractivity contribution is 5.94. The average molecular weight is 273 g/mol. The lowest BCUT2D eigenvalue weighted by Crippen LogP contribution is -2.36. The van der Waals surface area contributed by atoms with E-state index < -0.39 is 0 Å². The van der Waals surface area contributed by atoms with Crippen molar-refractivity contribution in [3.8, 4) is 0 Å². The first-order chi connectivity index (χ1) is 9.66. The highest BCUT2D eigenvalue weighted by atomic mass is 16.2. The number of carbonyl (C=O) groups excluding carboxylic acids is 1. The summed E-state index contributed by atoms with van der Waals surface area (Å²) in [6.07, 6.45) is 2.46. The molecular formula is C16H23N3O. The Morgan fingerprint density at radius 1 is 1.20 bits per heavy atom. The minimum atomic E-state index is 0.131. The average Bonchev–Trinajstić information content (AvgIpc) is 3.08. The highest BCUT2D eigenvalue weighted by Gasteiger charge is 2.31. The minimum Gasteiger partial charge on any atom is -0.320 e. The normalized spacial score (nSPS) is 23.1. The lowest BCUT2D eigenvalue weighted by atomic mass is 10.1. The van der Waals surface area contributed by atoms with Gasteiger partial charge in [0.25, 0.3) is 0 Å². The maximum Gasteiger partial charge on any atom is 0.324 e. The van der Waals surface area contributed by atoms with Crippen molar-refractivity contribution in [3.05, 3.63) is 29.8 Å². The first-order valence-corrected chi connectivity index (χ1v) is 7.58. The fourth-order valence-electron chi connectivity index (χ4n) is 3.13. The van der Waals surface area contributed by atoms with Crippen molar-refractivity contribution in [1.82, 2.24) is 10.2 Å². The number of nitrogens with one attached hydrogen (secondary N) is 1. The van der Waals surface area contributed by atoms with E-state index >= 15 is 0 Å². The van der Waals surface area contributed by atoms with Gasteiger partial charge < -0.3 is 10.2 Å². The third-order valence-electron chi connectivity index (χ3n) is 4.33. The zero-order valence-electron chi connectivity index (χ0n) is 12.3. The first kappa shape index (κ1) is 13.4. The Kier molecular flexibility index (Phi) is 3.66. The Morgan fingerprint density at radius 3 is 2.50 bits per heavy atom. The topological polar surface area (TPSA) is 35.6 Å². The van der Waals surface area contributed by atoms with Gasteiger partial charge in [0.1, 0.15) is 0 Å². The van der Waals surface area contributed by atoms with E-state index in [-0.39, 0.29) is 12.1 Å². The van der Waals surface area contributed by atoms with Gasteiger partial charge in [-0.2, -0.15) is 0 Å². The molecule has 0 saturated carbocycles. The van der Waals surface area contributed by atoms with Crippen LogP contribution in [0.25, 0.3) is 0 Å². The molecular weight excluding hydrogens is 250 g/mol. The molecule has 2 amide bonds. The van der Waals surface area contributed by atoms with Gasteiger partial charge in [-0.1, -0.05) is 12.1 Å². The molecule has 4 heteroatoms. The van der Waals surface area contributed by atoms with Crippen LogP contribution in [0.5, 0.6) is 0 Å². The van der Waals surface area contributed by atoms with Crippen LogP contribution in [0, 0.1) is 0 Å². The second-order valence-corrected chi connectivity index (χ2v) is 5.96. The van der Waals surface area contributed by atoms with E-state index in [1.165, 1.54) is 18.4 Å². The van der Waals surface area contributed by atoms with Crippen molar-refractivity contribution < 1.29 is 4.79 Å². The van der Waals surface area contributed by atoms with Crippen LogP contribution in [-0.2, 0) is 0 Å². The largest absolute Gasteiger partial charge is 0.324 e. The van der Waals surface area contributed by atoms with Crippen LogP contribution in [-0.4, -0.2) is 36.6 Å². The maximum absolute atomic E-state index is 12.3. The molecule has 3 rings (SSSR count). The van der Waals surface area contributed by atoms with Gasteiger partial charge in [-0.15, -0.1) is 0 Å². The van der Waals surface area contributed by atoms with Crippen molar-refractivity contribution in [3.63, 3.8) is 0 Å². The molecule has 4 nitrogen and oxygen atoms in total. The highest BCUT2D eigenvalue weighted by Crippen LogP contribution is 2.27. The summed E-state index contributed by atoms with van der Waals surface area (Å²) in [7, 11) is 0. The number of anilines is 1. The molecule has 0 aliphatic carbocycles. The smallest absolute Gasteiger partial charge is 0.320 e. The molecule has 2 fully saturated rings. The van der Waals surface area contributed by atoms with Gasteiger partial charge >= 0.3 is 6.03 Å². The van der Waals surface area contributed by atoms with Gasteiger partial charge in [-0.3, -0.25) is 4.90 Å². The van der Waals surface area contributed by atoms with Gasteiger partial charge in [0.15, 0.2) is 0 Å². The molecule has 0 spiro atoms. The monoisotopic (exact) mass is 273 g/mol. The van der Waals surface area contributed by atoms with Gasteiger partial charge in [0.05, 0.1) is 0 Å². The lowest BCUT2D eigenvalue weighted by Gasteiger charge is -2.22. The maximum atomic E-state index is 12.3. The van der Waals surface area contributed by atoms with Crippen molar-refractivity contribution in [2.75, 3.05) is 24.5 Å². The Balaban J connectivity index is 1.73. The second-order valence-electron chi connectivity index (χ2n) is 5.96. The number of rotatable bonds is 3. The molecule has 0 aromatic heterocycles. The van der Waals surface area contributed by atoms with Gasteiger partial charge in [-0.05, 0) is 50.9 Å². The fraction of sp³-hybridized carbons (Fsp3) is 0.562. The molecule has 2 heterocycles. The Labute approximate surface area is 120 Å². The van der Waals surface area contributed by atoms with Crippen LogP contribution in [0.2, 0.25) is 0 Å². The van der Waals surface area contributed by atoms with E-state index in [1.54, 1.807) is 0 Å². The summed E-state index contributed by atoms with van der Waals surface area (Å²) in [5, 5.41) is 3.50. The van der Waals surface area contributed by atoms with Gasteiger partial charge in [0, 0.05) is 30.9 Å². The first-order valence-electron chi connectivity index (χ1n) is 7.58. The number of hydrogen-bond donors (Lipinski definition) is 1. The van der Waals surface area contributed by atoms with E-state index in [9.17, 15) is 4.79 Å². The molecule has 20 heavy (non-hydrogen) atoms. The predicted molar refractivity (Wildman–Crippen MR) is 81.0 cm³/mol. The summed E-state index contributed by atoms with van der Waals surface area (Å²) in [4.78, 5) is 16.1. The predicted octanol–water partition coefficient (Wildman–Crippen LogP) is 2.76. The SMILES string of the molecule is CC(C)N1CCN(c2ccc(C3CCCN3)cc2)C1=O. The van der Waals surface area contributed by atoms with Crippen LogP contribution in [0.1, 0.15) is 38.3 Å². The Bertz CT molecular complexity index is 477. The Morgan fingerprint density at radius 2 is 1.95 bits per heavy atom. The number of amides is 2. The molecule has 0 bridgehead atoms. The molecule has 1 aromatic rings. The zero-order chi connectivity index (χ0) is 14.1. The summed E-state index contributed by atoms with van der Waals surface area (Å²) in [6, 6.07) is 9.37. The molecule has 1 unspecified atom stereocenters. The van der Waals surface area contributed by atoms with E-state index in [1.807, 2.05) is 9.80 Å². The molecule has 1 atom stereocenters. The van der Waals surface area contributed by atoms with E-state index in [2.05, 4.69) is 43.4 Å². The molecule has 108 valence electrons. The quantitative estimate of drug-likeness (QED) is 0.919. The van der Waals surface area contributed by atoms with Crippen molar-refractivity contribution in [2.45, 2.75) is 38.8 Å².